The number of rotatable bonds is 5. The first-order valence-corrected chi connectivity index (χ1v) is 7.75. The van der Waals surface area contributed by atoms with Crippen LogP contribution in [-0.2, 0) is 11.2 Å². The van der Waals surface area contributed by atoms with Crippen molar-refractivity contribution in [3.63, 3.8) is 0 Å². The highest BCUT2D eigenvalue weighted by Gasteiger charge is 2.31. The third-order valence-corrected chi connectivity index (χ3v) is 4.34. The van der Waals surface area contributed by atoms with Gasteiger partial charge in [-0.25, -0.2) is 0 Å². The highest BCUT2D eigenvalue weighted by Crippen LogP contribution is 2.36. The van der Waals surface area contributed by atoms with Crippen LogP contribution in [0, 0.1) is 5.92 Å². The molecule has 1 aliphatic carbocycles. The quantitative estimate of drug-likeness (QED) is 0.886. The molecule has 0 spiro atoms. The van der Waals surface area contributed by atoms with E-state index in [1.165, 1.54) is 0 Å². The number of aromatic amines is 1. The number of nitrogens with zero attached hydrogens (tertiary/aromatic N) is 1. The van der Waals surface area contributed by atoms with Gasteiger partial charge in [-0.05, 0) is 49.8 Å². The zero-order valence-electron chi connectivity index (χ0n) is 12.1. The number of ether oxygens (including phenoxy) is 1. The molecule has 1 aliphatic rings. The van der Waals surface area contributed by atoms with E-state index in [1.54, 1.807) is 0 Å². The number of benzene rings is 1. The average Bonchev–Trinajstić information content (AvgIpc) is 2.79. The van der Waals surface area contributed by atoms with Crippen molar-refractivity contribution in [2.24, 2.45) is 5.92 Å². The Balaban J connectivity index is 1.74. The molecule has 0 unspecified atom stereocenters. The van der Waals surface area contributed by atoms with E-state index in [-0.39, 0.29) is 0 Å². The molecule has 3 rings (SSSR count). The molecule has 0 amide bonds. The molecule has 4 nitrogen and oxygen atoms in total. The fourth-order valence-electron chi connectivity index (χ4n) is 2.98. The number of nitrogen functional groups attached to an aromatic ring is 1. The first-order chi connectivity index (χ1) is 10.2. The van der Waals surface area contributed by atoms with Gasteiger partial charge >= 0.3 is 0 Å². The largest absolute Gasteiger partial charge is 0.382 e. The van der Waals surface area contributed by atoms with Gasteiger partial charge in [-0.3, -0.25) is 5.10 Å². The van der Waals surface area contributed by atoms with E-state index in [4.69, 9.17) is 22.1 Å². The molecule has 1 heterocycles. The Hall–Kier alpha value is -1.52. The lowest BCUT2D eigenvalue weighted by Crippen LogP contribution is -2.32. The number of hydrogen-bond acceptors (Lipinski definition) is 3. The van der Waals surface area contributed by atoms with Gasteiger partial charge in [0.1, 0.15) is 0 Å². The van der Waals surface area contributed by atoms with Gasteiger partial charge in [0.25, 0.3) is 0 Å². The predicted molar refractivity (Wildman–Crippen MR) is 85.3 cm³/mol. The van der Waals surface area contributed by atoms with Crippen LogP contribution in [0.3, 0.4) is 0 Å². The maximum Gasteiger partial charge on any atom is 0.153 e. The summed E-state index contributed by atoms with van der Waals surface area (Å²) in [5.41, 5.74) is 9.19. The van der Waals surface area contributed by atoms with Crippen LogP contribution in [0.15, 0.2) is 24.3 Å². The summed E-state index contributed by atoms with van der Waals surface area (Å²) in [6.45, 7) is 2.84. The van der Waals surface area contributed by atoms with Crippen molar-refractivity contribution in [3.05, 3.63) is 35.0 Å². The Labute approximate surface area is 129 Å². The Bertz CT molecular complexity index is 602. The molecule has 21 heavy (non-hydrogen) atoms. The maximum atomic E-state index is 6.02. The van der Waals surface area contributed by atoms with Crippen molar-refractivity contribution in [2.45, 2.75) is 32.3 Å². The second kappa shape index (κ2) is 6.08. The monoisotopic (exact) mass is 305 g/mol. The molecule has 1 saturated carbocycles. The Morgan fingerprint density at radius 3 is 2.71 bits per heavy atom. The third kappa shape index (κ3) is 3.06. The molecule has 1 aromatic carbocycles. The fourth-order valence-corrected chi connectivity index (χ4v) is 3.11. The minimum atomic E-state index is 0.430. The van der Waals surface area contributed by atoms with Gasteiger partial charge in [0.15, 0.2) is 5.82 Å². The number of anilines is 1. The molecule has 0 bridgehead atoms. The Morgan fingerprint density at radius 1 is 1.33 bits per heavy atom. The van der Waals surface area contributed by atoms with Crippen molar-refractivity contribution in [1.82, 2.24) is 10.2 Å². The van der Waals surface area contributed by atoms with Crippen LogP contribution in [0.1, 0.15) is 25.5 Å². The first-order valence-electron chi connectivity index (χ1n) is 7.37. The topological polar surface area (TPSA) is 63.9 Å². The van der Waals surface area contributed by atoms with Crippen molar-refractivity contribution in [3.8, 4) is 11.1 Å². The molecular formula is C16H20ClN3O. The van der Waals surface area contributed by atoms with E-state index < -0.39 is 0 Å². The zero-order chi connectivity index (χ0) is 14.8. The molecule has 112 valence electrons. The summed E-state index contributed by atoms with van der Waals surface area (Å²) >= 11 is 5.95. The number of aromatic nitrogens is 2. The van der Waals surface area contributed by atoms with Crippen molar-refractivity contribution >= 4 is 17.4 Å². The standard InChI is InChI=1S/C16H20ClN3O/c1-2-21-13-7-10(8-13)9-14-15(16(18)20-19-14)11-3-5-12(17)6-4-11/h3-6,10,13H,2,7-9H2,1H3,(H3,18,19,20). The summed E-state index contributed by atoms with van der Waals surface area (Å²) in [6, 6.07) is 7.72. The number of H-pyrrole nitrogens is 1. The van der Waals surface area contributed by atoms with Crippen LogP contribution in [0.4, 0.5) is 5.82 Å². The molecule has 1 aromatic heterocycles. The molecule has 0 saturated heterocycles. The molecule has 3 N–H and O–H groups in total. The second-order valence-corrected chi connectivity index (χ2v) is 6.02. The number of halogens is 1. The summed E-state index contributed by atoms with van der Waals surface area (Å²) in [5.74, 6) is 1.19. The van der Waals surface area contributed by atoms with Gasteiger partial charge in [0.05, 0.1) is 6.10 Å². The lowest BCUT2D eigenvalue weighted by atomic mass is 9.78. The van der Waals surface area contributed by atoms with Gasteiger partial charge in [0, 0.05) is 22.9 Å². The summed E-state index contributed by atoms with van der Waals surface area (Å²) in [6.07, 6.45) is 3.63. The third-order valence-electron chi connectivity index (χ3n) is 4.09. The molecule has 0 atom stereocenters. The van der Waals surface area contributed by atoms with Crippen LogP contribution in [0.5, 0.6) is 0 Å². The van der Waals surface area contributed by atoms with Gasteiger partial charge < -0.3 is 10.5 Å². The first kappa shape index (κ1) is 14.4. The van der Waals surface area contributed by atoms with Crippen LogP contribution in [-0.4, -0.2) is 22.9 Å². The second-order valence-electron chi connectivity index (χ2n) is 5.59. The van der Waals surface area contributed by atoms with Gasteiger partial charge in [0.2, 0.25) is 0 Å². The van der Waals surface area contributed by atoms with E-state index in [9.17, 15) is 0 Å². The molecule has 2 aromatic rings. The smallest absolute Gasteiger partial charge is 0.153 e. The minimum absolute atomic E-state index is 0.430. The lowest BCUT2D eigenvalue weighted by molar-refractivity contribution is -0.0242. The molecule has 1 fully saturated rings. The number of nitrogens with one attached hydrogen (secondary N) is 1. The SMILES string of the molecule is CCOC1CC(Cc2[nH]nc(N)c2-c2ccc(Cl)cc2)C1. The summed E-state index contributed by atoms with van der Waals surface area (Å²) < 4.78 is 5.61. The normalized spacial score (nSPS) is 21.2. The van der Waals surface area contributed by atoms with Crippen molar-refractivity contribution in [1.29, 1.82) is 0 Å². The maximum absolute atomic E-state index is 6.02. The van der Waals surface area contributed by atoms with E-state index in [1.807, 2.05) is 31.2 Å². The summed E-state index contributed by atoms with van der Waals surface area (Å²) in [7, 11) is 0. The zero-order valence-corrected chi connectivity index (χ0v) is 12.9. The summed E-state index contributed by atoms with van der Waals surface area (Å²) in [4.78, 5) is 0. The van der Waals surface area contributed by atoms with E-state index in [0.717, 1.165) is 47.7 Å². The summed E-state index contributed by atoms with van der Waals surface area (Å²) in [5, 5.41) is 7.98. The molecule has 0 aliphatic heterocycles. The predicted octanol–water partition coefficient (Wildman–Crippen LogP) is 3.67. The molecule has 0 radical (unpaired) electrons. The fraction of sp³-hybridized carbons (Fsp3) is 0.438. The van der Waals surface area contributed by atoms with Crippen LogP contribution < -0.4 is 5.73 Å². The van der Waals surface area contributed by atoms with E-state index in [0.29, 0.717) is 17.8 Å². The van der Waals surface area contributed by atoms with Gasteiger partial charge in [-0.2, -0.15) is 5.10 Å². The Kier molecular flexibility index (Phi) is 4.17. The average molecular weight is 306 g/mol. The lowest BCUT2D eigenvalue weighted by Gasteiger charge is -2.34. The number of hydrogen-bond donors (Lipinski definition) is 2. The minimum Gasteiger partial charge on any atom is -0.382 e. The Morgan fingerprint density at radius 2 is 2.05 bits per heavy atom. The highest BCUT2D eigenvalue weighted by atomic mass is 35.5. The molecular weight excluding hydrogens is 286 g/mol. The van der Waals surface area contributed by atoms with Crippen LogP contribution in [0.2, 0.25) is 5.02 Å². The van der Waals surface area contributed by atoms with Crippen molar-refractivity contribution in [2.75, 3.05) is 12.3 Å². The molecule has 5 heteroatoms. The van der Waals surface area contributed by atoms with Crippen LogP contribution >= 0.6 is 11.6 Å². The van der Waals surface area contributed by atoms with Gasteiger partial charge in [-0.15, -0.1) is 0 Å². The van der Waals surface area contributed by atoms with E-state index in [2.05, 4.69) is 10.2 Å². The van der Waals surface area contributed by atoms with Crippen molar-refractivity contribution < 1.29 is 4.74 Å². The van der Waals surface area contributed by atoms with Crippen LogP contribution in [0.25, 0.3) is 11.1 Å². The number of nitrogens with two attached hydrogens (primary N) is 1. The highest BCUT2D eigenvalue weighted by molar-refractivity contribution is 6.30. The van der Waals surface area contributed by atoms with E-state index >= 15 is 0 Å². The van der Waals surface area contributed by atoms with Gasteiger partial charge in [-0.1, -0.05) is 23.7 Å².